The average molecular weight is 446 g/mol. The molecule has 9 heteroatoms. The van der Waals surface area contributed by atoms with Crippen molar-refractivity contribution in [2.75, 3.05) is 13.2 Å². The number of hydrogen-bond acceptors (Lipinski definition) is 5. The molecule has 1 aliphatic carbocycles. The lowest BCUT2D eigenvalue weighted by Crippen LogP contribution is -2.52. The summed E-state index contributed by atoms with van der Waals surface area (Å²) >= 11 is 0. The standard InChI is InChI=1S/C23H24F2N2O5/c1-12(2)26-11-23(8-14(23)10-28)27-9-16(20(30)21(31)19(27)22(26)32)18(29)6-4-13-3-5-15(24)7-17(13)25/h3,5,7,9,12,14,28,31H,4,6,8,10-11H2,1-2H3/t14-,23+/m0/s1. The van der Waals surface area contributed by atoms with Crippen LogP contribution in [0.25, 0.3) is 0 Å². The van der Waals surface area contributed by atoms with Crippen molar-refractivity contribution in [3.05, 3.63) is 63.1 Å². The predicted octanol–water partition coefficient (Wildman–Crippen LogP) is 2.22. The Labute approximate surface area is 182 Å². The quantitative estimate of drug-likeness (QED) is 0.663. The first kappa shape index (κ1) is 22.1. The number of halogens is 2. The van der Waals surface area contributed by atoms with Crippen molar-refractivity contribution >= 4 is 11.7 Å². The molecule has 4 rings (SSSR count). The fraction of sp³-hybridized carbons (Fsp3) is 0.435. The van der Waals surface area contributed by atoms with Crippen LogP contribution in [0.1, 0.15) is 53.1 Å². The molecule has 2 aliphatic rings. The minimum absolute atomic E-state index is 0.0582. The fourth-order valence-corrected chi connectivity index (χ4v) is 4.55. The predicted molar refractivity (Wildman–Crippen MR) is 111 cm³/mol. The highest BCUT2D eigenvalue weighted by atomic mass is 19.1. The van der Waals surface area contributed by atoms with Crippen molar-refractivity contribution < 1.29 is 28.6 Å². The molecule has 0 unspecified atom stereocenters. The van der Waals surface area contributed by atoms with Gasteiger partial charge in [0.2, 0.25) is 5.43 Å². The maximum absolute atomic E-state index is 13.9. The minimum Gasteiger partial charge on any atom is -0.503 e. The number of aliphatic hydroxyl groups is 1. The summed E-state index contributed by atoms with van der Waals surface area (Å²) in [6.45, 7) is 3.79. The number of benzene rings is 1. The van der Waals surface area contributed by atoms with E-state index in [1.54, 1.807) is 4.90 Å². The number of carbonyl (C=O) groups is 2. The number of hydrogen-bond donors (Lipinski definition) is 2. The number of rotatable bonds is 6. The van der Waals surface area contributed by atoms with E-state index in [0.717, 1.165) is 12.1 Å². The Morgan fingerprint density at radius 3 is 2.59 bits per heavy atom. The first-order chi connectivity index (χ1) is 15.1. The summed E-state index contributed by atoms with van der Waals surface area (Å²) in [5, 5.41) is 20.4. The largest absolute Gasteiger partial charge is 0.503 e. The molecule has 1 amide bonds. The van der Waals surface area contributed by atoms with Crippen LogP contribution in [0.3, 0.4) is 0 Å². The maximum atomic E-state index is 13.9. The van der Waals surface area contributed by atoms with E-state index in [2.05, 4.69) is 0 Å². The van der Waals surface area contributed by atoms with Crippen LogP contribution >= 0.6 is 0 Å². The van der Waals surface area contributed by atoms with E-state index in [4.69, 9.17) is 0 Å². The van der Waals surface area contributed by atoms with Crippen LogP contribution in [0.2, 0.25) is 0 Å². The highest BCUT2D eigenvalue weighted by Gasteiger charge is 2.60. The van der Waals surface area contributed by atoms with Gasteiger partial charge in [0, 0.05) is 43.8 Å². The molecule has 7 nitrogen and oxygen atoms in total. The number of aromatic hydroxyl groups is 1. The molecule has 1 spiro atoms. The van der Waals surface area contributed by atoms with Crippen molar-refractivity contribution in [1.82, 2.24) is 9.47 Å². The fourth-order valence-electron chi connectivity index (χ4n) is 4.55. The number of amides is 1. The smallest absolute Gasteiger partial charge is 0.274 e. The van der Waals surface area contributed by atoms with Gasteiger partial charge in [-0.2, -0.15) is 0 Å². The normalized spacial score (nSPS) is 21.9. The second kappa shape index (κ2) is 7.81. The summed E-state index contributed by atoms with van der Waals surface area (Å²) in [7, 11) is 0. The molecule has 1 aliphatic heterocycles. The maximum Gasteiger partial charge on any atom is 0.274 e. The summed E-state index contributed by atoms with van der Waals surface area (Å²) in [5.74, 6) is -3.65. The van der Waals surface area contributed by atoms with Crippen LogP contribution in [0.5, 0.6) is 5.75 Å². The number of ketones is 1. The lowest BCUT2D eigenvalue weighted by atomic mass is 9.99. The molecule has 2 aromatic rings. The zero-order valence-corrected chi connectivity index (χ0v) is 17.8. The second-order valence-electron chi connectivity index (χ2n) is 8.81. The number of aromatic nitrogens is 1. The van der Waals surface area contributed by atoms with Gasteiger partial charge in [-0.25, -0.2) is 8.78 Å². The Hall–Kier alpha value is -3.07. The molecule has 32 heavy (non-hydrogen) atoms. The molecule has 1 aromatic carbocycles. The van der Waals surface area contributed by atoms with Crippen molar-refractivity contribution in [3.8, 4) is 5.75 Å². The summed E-state index contributed by atoms with van der Waals surface area (Å²) in [4.78, 5) is 40.1. The van der Waals surface area contributed by atoms with Gasteiger partial charge >= 0.3 is 0 Å². The van der Waals surface area contributed by atoms with Gasteiger partial charge in [-0.05, 0) is 38.3 Å². The van der Waals surface area contributed by atoms with Crippen LogP contribution in [0.4, 0.5) is 8.78 Å². The number of fused-ring (bicyclic) bond motifs is 2. The van der Waals surface area contributed by atoms with Crippen molar-refractivity contribution in [1.29, 1.82) is 0 Å². The number of nitrogens with zero attached hydrogens (tertiary/aromatic N) is 2. The minimum atomic E-state index is -0.962. The third-order valence-electron chi connectivity index (χ3n) is 6.55. The molecule has 0 radical (unpaired) electrons. The first-order valence-corrected chi connectivity index (χ1v) is 10.5. The molecule has 2 N–H and O–H groups in total. The molecule has 0 saturated heterocycles. The Bertz CT molecular complexity index is 1180. The highest BCUT2D eigenvalue weighted by Crippen LogP contribution is 2.54. The zero-order valence-electron chi connectivity index (χ0n) is 17.8. The Balaban J connectivity index is 1.72. The third-order valence-corrected chi connectivity index (χ3v) is 6.55. The van der Waals surface area contributed by atoms with Gasteiger partial charge in [-0.15, -0.1) is 0 Å². The Kier molecular flexibility index (Phi) is 5.40. The molecule has 1 saturated carbocycles. The van der Waals surface area contributed by atoms with Crippen LogP contribution in [-0.4, -0.2) is 50.6 Å². The van der Waals surface area contributed by atoms with E-state index in [0.29, 0.717) is 13.0 Å². The van der Waals surface area contributed by atoms with Crippen molar-refractivity contribution in [2.45, 2.75) is 44.7 Å². The van der Waals surface area contributed by atoms with E-state index in [1.807, 2.05) is 13.8 Å². The van der Waals surface area contributed by atoms with Gasteiger partial charge in [-0.1, -0.05) is 6.07 Å². The van der Waals surface area contributed by atoms with Gasteiger partial charge in [0.25, 0.3) is 5.91 Å². The number of Topliss-reactive ketones (excluding diaryl/α,β-unsaturated/α-hetero) is 1. The summed E-state index contributed by atoms with van der Waals surface area (Å²) in [5.41, 5.74) is -2.03. The van der Waals surface area contributed by atoms with E-state index < -0.39 is 40.0 Å². The number of carbonyl (C=O) groups excluding carboxylic acids is 2. The van der Waals surface area contributed by atoms with Gasteiger partial charge < -0.3 is 19.7 Å². The van der Waals surface area contributed by atoms with Gasteiger partial charge in [-0.3, -0.25) is 14.4 Å². The van der Waals surface area contributed by atoms with Gasteiger partial charge in [0.15, 0.2) is 17.2 Å². The first-order valence-electron chi connectivity index (χ1n) is 10.5. The van der Waals surface area contributed by atoms with E-state index >= 15 is 0 Å². The topological polar surface area (TPSA) is 99.8 Å². The van der Waals surface area contributed by atoms with Crippen molar-refractivity contribution in [3.63, 3.8) is 0 Å². The summed E-state index contributed by atoms with van der Waals surface area (Å²) < 4.78 is 28.4. The molecule has 1 fully saturated rings. The van der Waals surface area contributed by atoms with E-state index in [-0.39, 0.29) is 48.2 Å². The third kappa shape index (κ3) is 3.40. The number of pyridine rings is 1. The van der Waals surface area contributed by atoms with E-state index in [9.17, 15) is 33.4 Å². The van der Waals surface area contributed by atoms with E-state index in [1.165, 1.54) is 16.8 Å². The summed E-state index contributed by atoms with van der Waals surface area (Å²) in [6.07, 6.45) is 1.52. The molecule has 0 bridgehead atoms. The average Bonchev–Trinajstić information content (AvgIpc) is 3.45. The number of aliphatic hydroxyl groups excluding tert-OH is 1. The van der Waals surface area contributed by atoms with Crippen molar-refractivity contribution in [2.24, 2.45) is 5.92 Å². The van der Waals surface area contributed by atoms with Crippen LogP contribution in [0, 0.1) is 17.6 Å². The van der Waals surface area contributed by atoms with Gasteiger partial charge in [0.1, 0.15) is 11.6 Å². The zero-order chi connectivity index (χ0) is 23.4. The number of aryl methyl sites for hydroxylation is 1. The van der Waals surface area contributed by atoms with Gasteiger partial charge in [0.05, 0.1) is 11.1 Å². The molecular formula is C23H24F2N2O5. The molecule has 2 heterocycles. The molecule has 2 atom stereocenters. The lowest BCUT2D eigenvalue weighted by Gasteiger charge is -2.39. The van der Waals surface area contributed by atoms with Crippen LogP contribution in [0.15, 0.2) is 29.2 Å². The summed E-state index contributed by atoms with van der Waals surface area (Å²) in [6, 6.07) is 2.85. The second-order valence-corrected chi connectivity index (χ2v) is 8.81. The molecular weight excluding hydrogens is 422 g/mol. The van der Waals surface area contributed by atoms with Crippen LogP contribution < -0.4 is 5.43 Å². The SMILES string of the molecule is CC(C)N1C[C@@]2(C[C@H]2CO)n2cc(C(=O)CCc3ccc(F)cc3F)c(=O)c(O)c2C1=O. The lowest BCUT2D eigenvalue weighted by molar-refractivity contribution is 0.0551. The van der Waals surface area contributed by atoms with Crippen LogP contribution in [-0.2, 0) is 12.0 Å². The molecule has 170 valence electrons. The Morgan fingerprint density at radius 1 is 1.28 bits per heavy atom. The molecule has 1 aromatic heterocycles. The Morgan fingerprint density at radius 2 is 2.00 bits per heavy atom. The highest BCUT2D eigenvalue weighted by molar-refractivity contribution is 6.00. The monoisotopic (exact) mass is 446 g/mol.